The normalized spacial score (nSPS) is 16.8. The number of aryl methyl sites for hydroxylation is 1. The van der Waals surface area contributed by atoms with Gasteiger partial charge in [0.1, 0.15) is 0 Å². The van der Waals surface area contributed by atoms with Crippen LogP contribution in [0, 0.1) is 0 Å². The topological polar surface area (TPSA) is 143 Å². The maximum atomic E-state index is 14.5. The van der Waals surface area contributed by atoms with Gasteiger partial charge in [-0.25, -0.2) is 14.4 Å². The number of hydrogen-bond acceptors (Lipinski definition) is 7. The van der Waals surface area contributed by atoms with Gasteiger partial charge in [0.05, 0.1) is 34.0 Å². The van der Waals surface area contributed by atoms with Gasteiger partial charge in [0.25, 0.3) is 0 Å². The van der Waals surface area contributed by atoms with Crippen molar-refractivity contribution >= 4 is 39.6 Å². The van der Waals surface area contributed by atoms with Crippen LogP contribution in [0.5, 0.6) is 0 Å². The van der Waals surface area contributed by atoms with E-state index >= 15 is 0 Å². The number of imidazole rings is 1. The highest BCUT2D eigenvalue weighted by molar-refractivity contribution is 6.04. The van der Waals surface area contributed by atoms with Crippen molar-refractivity contribution in [2.75, 3.05) is 18.0 Å². The van der Waals surface area contributed by atoms with Gasteiger partial charge >= 0.3 is 23.8 Å². The second kappa shape index (κ2) is 13.1. The number of hydrogen-bond donors (Lipinski definition) is 3. The van der Waals surface area contributed by atoms with Gasteiger partial charge < -0.3 is 20.4 Å². The number of rotatable bonds is 5. The van der Waals surface area contributed by atoms with Gasteiger partial charge in [0, 0.05) is 73.4 Å². The van der Waals surface area contributed by atoms with Crippen molar-refractivity contribution in [1.82, 2.24) is 24.4 Å². The van der Waals surface area contributed by atoms with Gasteiger partial charge in [-0.05, 0) is 55.8 Å². The van der Waals surface area contributed by atoms with Crippen LogP contribution in [0.4, 0.5) is 18.9 Å². The molecule has 0 amide bonds. The maximum absolute atomic E-state index is 14.5. The van der Waals surface area contributed by atoms with E-state index in [9.17, 15) is 27.6 Å². The smallest absolute Gasteiger partial charge is 0.418 e. The number of piperazine rings is 1. The fraction of sp³-hybridized carbons (Fsp3) is 0.242. The van der Waals surface area contributed by atoms with Gasteiger partial charge in [-0.1, -0.05) is 12.1 Å². The second-order valence-corrected chi connectivity index (χ2v) is 11.2. The summed E-state index contributed by atoms with van der Waals surface area (Å²) in [6, 6.07) is 13.7. The number of carboxylic acid groups (broad SMARTS) is 2. The molecule has 2 unspecified atom stereocenters. The molecule has 0 saturated carbocycles. The van der Waals surface area contributed by atoms with Crippen molar-refractivity contribution in [3.8, 4) is 16.8 Å². The Morgan fingerprint density at radius 1 is 0.957 bits per heavy atom. The van der Waals surface area contributed by atoms with Gasteiger partial charge in [-0.3, -0.25) is 19.1 Å². The minimum absolute atomic E-state index is 0.0445. The molecule has 6 rings (SSSR count). The third-order valence-corrected chi connectivity index (χ3v) is 7.69. The standard InChI is InChI=1S/C29H27F3N6O.C4H4O4/c1-17-15-37(16-18(2)35-17)25-9-7-21(12-23(25)29(30,31)32)38-27-22-11-19(20-5-4-10-33-13-20)6-8-24(22)34-14-26(27)36(3)28(38)39;5-3(6)1-2-4(7)8/h4-14,17-18,35H,15-16H2,1-3H3;1-2H,(H,5,6)(H,7,8). The fourth-order valence-electron chi connectivity index (χ4n) is 5.78. The molecule has 1 aliphatic rings. The number of anilines is 1. The van der Waals surface area contributed by atoms with Crippen LogP contribution in [0.15, 0.2) is 84.1 Å². The summed E-state index contributed by atoms with van der Waals surface area (Å²) < 4.78 is 46.1. The van der Waals surface area contributed by atoms with Crippen LogP contribution < -0.4 is 15.9 Å². The molecule has 0 radical (unpaired) electrons. The summed E-state index contributed by atoms with van der Waals surface area (Å²) in [6.45, 7) is 4.82. The molecule has 0 bridgehead atoms. The number of nitrogens with zero attached hydrogens (tertiary/aromatic N) is 5. The molecular weight excluding hydrogens is 617 g/mol. The molecule has 1 aliphatic heterocycles. The number of halogens is 3. The number of carboxylic acids is 2. The van der Waals surface area contributed by atoms with Crippen LogP contribution in [-0.4, -0.2) is 66.4 Å². The average molecular weight is 649 g/mol. The Morgan fingerprint density at radius 2 is 1.64 bits per heavy atom. The van der Waals surface area contributed by atoms with Crippen molar-refractivity contribution < 1.29 is 33.0 Å². The lowest BCUT2D eigenvalue weighted by Gasteiger charge is -2.38. The molecule has 11 nitrogen and oxygen atoms in total. The molecule has 2 atom stereocenters. The molecule has 47 heavy (non-hydrogen) atoms. The SMILES string of the molecule is CC1CN(c2ccc(-n3c(=O)n(C)c4cnc5ccc(-c6cccnc6)cc5c43)cc2C(F)(F)F)CC(C)N1.O=C(O)C=CC(=O)O. The Balaban J connectivity index is 0.000000483. The largest absolute Gasteiger partial charge is 0.478 e. The zero-order chi connectivity index (χ0) is 34.0. The van der Waals surface area contributed by atoms with Crippen LogP contribution in [0.2, 0.25) is 0 Å². The highest BCUT2D eigenvalue weighted by Crippen LogP contribution is 2.39. The Kier molecular flexibility index (Phi) is 9.15. The predicted octanol–water partition coefficient (Wildman–Crippen LogP) is 4.86. The van der Waals surface area contributed by atoms with Crippen molar-refractivity contribution in [2.45, 2.75) is 32.1 Å². The molecule has 244 valence electrons. The van der Waals surface area contributed by atoms with Crippen molar-refractivity contribution in [3.63, 3.8) is 0 Å². The molecule has 4 heterocycles. The maximum Gasteiger partial charge on any atom is 0.418 e. The summed E-state index contributed by atoms with van der Waals surface area (Å²) in [4.78, 5) is 43.1. The number of nitrogens with one attached hydrogen (secondary N) is 1. The molecule has 1 fully saturated rings. The molecule has 1 saturated heterocycles. The van der Waals surface area contributed by atoms with Crippen LogP contribution in [0.25, 0.3) is 38.8 Å². The first-order valence-electron chi connectivity index (χ1n) is 14.5. The number of alkyl halides is 3. The van der Waals surface area contributed by atoms with Crippen molar-refractivity contribution in [3.05, 3.63) is 95.3 Å². The molecule has 0 spiro atoms. The number of fused-ring (bicyclic) bond motifs is 3. The van der Waals surface area contributed by atoms with Gasteiger partial charge in [0.15, 0.2) is 0 Å². The first-order chi connectivity index (χ1) is 22.2. The molecule has 0 aliphatic carbocycles. The highest BCUT2D eigenvalue weighted by Gasteiger charge is 2.37. The second-order valence-electron chi connectivity index (χ2n) is 11.2. The molecule has 2 aromatic carbocycles. The van der Waals surface area contributed by atoms with E-state index in [1.54, 1.807) is 36.6 Å². The summed E-state index contributed by atoms with van der Waals surface area (Å²) in [5.74, 6) is -2.51. The van der Waals surface area contributed by atoms with Gasteiger partial charge in [0.2, 0.25) is 0 Å². The summed E-state index contributed by atoms with van der Waals surface area (Å²) in [5.41, 5.74) is 2.46. The minimum Gasteiger partial charge on any atom is -0.478 e. The first-order valence-corrected chi connectivity index (χ1v) is 14.5. The molecular formula is C33H31F3N6O5. The highest BCUT2D eigenvalue weighted by atomic mass is 19.4. The van der Waals surface area contributed by atoms with Crippen LogP contribution in [-0.2, 0) is 22.8 Å². The summed E-state index contributed by atoms with van der Waals surface area (Å²) in [5, 5.41) is 19.6. The molecule has 14 heteroatoms. The third-order valence-electron chi connectivity index (χ3n) is 7.69. The fourth-order valence-corrected chi connectivity index (χ4v) is 5.78. The van der Waals surface area contributed by atoms with E-state index in [2.05, 4.69) is 15.3 Å². The van der Waals surface area contributed by atoms with E-state index < -0.39 is 29.4 Å². The molecule has 3 aromatic heterocycles. The van der Waals surface area contributed by atoms with E-state index in [1.807, 2.05) is 44.2 Å². The Labute approximate surface area is 266 Å². The zero-order valence-corrected chi connectivity index (χ0v) is 25.6. The van der Waals surface area contributed by atoms with E-state index in [4.69, 9.17) is 10.2 Å². The molecule has 3 N–H and O–H groups in total. The van der Waals surface area contributed by atoms with Gasteiger partial charge in [-0.15, -0.1) is 0 Å². The quantitative estimate of drug-likeness (QED) is 0.228. The lowest BCUT2D eigenvalue weighted by Crippen LogP contribution is -2.54. The number of benzene rings is 2. The molecule has 5 aromatic rings. The summed E-state index contributed by atoms with van der Waals surface area (Å²) in [7, 11) is 1.60. The minimum atomic E-state index is -4.60. The van der Waals surface area contributed by atoms with E-state index in [-0.39, 0.29) is 23.5 Å². The Morgan fingerprint density at radius 3 is 2.23 bits per heavy atom. The summed E-state index contributed by atoms with van der Waals surface area (Å²) in [6.07, 6.45) is 1.52. The Hall–Kier alpha value is -5.50. The first kappa shape index (κ1) is 32.9. The Bertz CT molecular complexity index is 2030. The van der Waals surface area contributed by atoms with E-state index in [0.717, 1.165) is 17.2 Å². The third kappa shape index (κ3) is 7.02. The van der Waals surface area contributed by atoms with Gasteiger partial charge in [-0.2, -0.15) is 13.2 Å². The predicted molar refractivity (Wildman–Crippen MR) is 171 cm³/mol. The average Bonchev–Trinajstić information content (AvgIpc) is 3.29. The monoisotopic (exact) mass is 648 g/mol. The lowest BCUT2D eigenvalue weighted by atomic mass is 10.0. The number of pyridine rings is 2. The zero-order valence-electron chi connectivity index (χ0n) is 25.6. The van der Waals surface area contributed by atoms with E-state index in [0.29, 0.717) is 47.2 Å². The lowest BCUT2D eigenvalue weighted by molar-refractivity contribution is -0.137. The van der Waals surface area contributed by atoms with Crippen LogP contribution in [0.3, 0.4) is 0 Å². The summed E-state index contributed by atoms with van der Waals surface area (Å²) >= 11 is 0. The number of carbonyl (C=O) groups is 2. The van der Waals surface area contributed by atoms with Crippen molar-refractivity contribution in [2.24, 2.45) is 7.05 Å². The number of aliphatic carboxylic acids is 2. The number of aromatic nitrogens is 4. The van der Waals surface area contributed by atoms with Crippen LogP contribution >= 0.6 is 0 Å². The van der Waals surface area contributed by atoms with Crippen molar-refractivity contribution in [1.29, 1.82) is 0 Å². The van der Waals surface area contributed by atoms with E-state index in [1.165, 1.54) is 15.2 Å². The van der Waals surface area contributed by atoms with Crippen LogP contribution in [0.1, 0.15) is 19.4 Å².